The Morgan fingerprint density at radius 2 is 1.85 bits per heavy atom. The average molecular weight is 268 g/mol. The molecule has 4 rings (SSSR count). The maximum atomic E-state index is 11.2. The number of fused-ring (bicyclic) bond motifs is 1. The third-order valence-corrected chi connectivity index (χ3v) is 4.85. The van der Waals surface area contributed by atoms with Crippen LogP contribution in [-0.4, -0.2) is 29.8 Å². The Hall–Kier alpha value is -1.61. The molecule has 1 saturated heterocycles. The topological polar surface area (TPSA) is 32.3 Å². The Bertz CT molecular complexity index is 539. The van der Waals surface area contributed by atoms with Gasteiger partial charge in [-0.1, -0.05) is 30.3 Å². The number of hydrogen-bond donors (Lipinski definition) is 1. The third kappa shape index (κ3) is 2.27. The smallest absolute Gasteiger partial charge is 0.157 e. The predicted molar refractivity (Wildman–Crippen MR) is 77.9 cm³/mol. The number of nitrogens with zero attached hydrogens (tertiary/aromatic N) is 1. The molecular weight excluding hydrogens is 248 g/mol. The van der Waals surface area contributed by atoms with Crippen molar-refractivity contribution in [2.24, 2.45) is 11.8 Å². The van der Waals surface area contributed by atoms with Gasteiger partial charge in [0.1, 0.15) is 0 Å². The van der Waals surface area contributed by atoms with Crippen molar-refractivity contribution in [3.8, 4) is 0 Å². The Kier molecular flexibility index (Phi) is 2.88. The lowest BCUT2D eigenvalue weighted by Gasteiger charge is -2.20. The van der Waals surface area contributed by atoms with Crippen molar-refractivity contribution in [1.29, 1.82) is 0 Å². The largest absolute Gasteiger partial charge is 0.385 e. The normalized spacial score (nSPS) is 32.1. The fourth-order valence-corrected chi connectivity index (χ4v) is 3.72. The minimum absolute atomic E-state index is 0.281. The molecular formula is C17H20N2O. The summed E-state index contributed by atoms with van der Waals surface area (Å²) in [4.78, 5) is 13.8. The fraction of sp³-hybridized carbons (Fsp3) is 0.471. The van der Waals surface area contributed by atoms with Crippen molar-refractivity contribution >= 4 is 5.78 Å². The van der Waals surface area contributed by atoms with Crippen LogP contribution in [0, 0.1) is 11.8 Å². The second kappa shape index (κ2) is 4.74. The number of nitrogens with one attached hydrogen (secondary N) is 1. The van der Waals surface area contributed by atoms with Crippen LogP contribution in [0.2, 0.25) is 0 Å². The number of rotatable bonds is 4. The zero-order valence-electron chi connectivity index (χ0n) is 11.6. The molecule has 1 heterocycles. The van der Waals surface area contributed by atoms with E-state index in [1.807, 2.05) is 0 Å². The highest BCUT2D eigenvalue weighted by Gasteiger charge is 2.55. The van der Waals surface area contributed by atoms with E-state index in [0.29, 0.717) is 12.5 Å². The van der Waals surface area contributed by atoms with Crippen LogP contribution >= 0.6 is 0 Å². The van der Waals surface area contributed by atoms with Gasteiger partial charge in [0.2, 0.25) is 0 Å². The molecule has 3 nitrogen and oxygen atoms in total. The molecule has 1 N–H and O–H groups in total. The number of hydrogen-bond acceptors (Lipinski definition) is 3. The van der Waals surface area contributed by atoms with Crippen molar-refractivity contribution in [3.63, 3.8) is 0 Å². The minimum atomic E-state index is 0.281. The first kappa shape index (κ1) is 12.2. The van der Waals surface area contributed by atoms with Gasteiger partial charge >= 0.3 is 0 Å². The van der Waals surface area contributed by atoms with E-state index in [4.69, 9.17) is 0 Å². The van der Waals surface area contributed by atoms with Gasteiger partial charge in [-0.3, -0.25) is 9.69 Å². The lowest BCUT2D eigenvalue weighted by atomic mass is 10.2. The van der Waals surface area contributed by atoms with Gasteiger partial charge in [0.25, 0.3) is 0 Å². The van der Waals surface area contributed by atoms with Gasteiger partial charge in [0.15, 0.2) is 5.78 Å². The summed E-state index contributed by atoms with van der Waals surface area (Å²) < 4.78 is 0. The molecule has 2 unspecified atom stereocenters. The predicted octanol–water partition coefficient (Wildman–Crippen LogP) is 1.95. The van der Waals surface area contributed by atoms with Crippen molar-refractivity contribution in [2.75, 3.05) is 13.1 Å². The third-order valence-electron chi connectivity index (χ3n) is 4.85. The van der Waals surface area contributed by atoms with Gasteiger partial charge in [-0.25, -0.2) is 0 Å². The van der Waals surface area contributed by atoms with Gasteiger partial charge in [0.05, 0.1) is 0 Å². The molecule has 3 heteroatoms. The van der Waals surface area contributed by atoms with Crippen LogP contribution in [0.1, 0.15) is 18.4 Å². The van der Waals surface area contributed by atoms with Crippen LogP contribution in [0.3, 0.4) is 0 Å². The van der Waals surface area contributed by atoms with E-state index in [0.717, 1.165) is 24.8 Å². The summed E-state index contributed by atoms with van der Waals surface area (Å²) in [6, 6.07) is 11.3. The summed E-state index contributed by atoms with van der Waals surface area (Å²) in [5.74, 6) is 1.86. The van der Waals surface area contributed by atoms with Gasteiger partial charge in [-0.15, -0.1) is 0 Å². The molecule has 1 saturated carbocycles. The summed E-state index contributed by atoms with van der Waals surface area (Å²) >= 11 is 0. The van der Waals surface area contributed by atoms with Crippen molar-refractivity contribution in [2.45, 2.75) is 25.4 Å². The summed E-state index contributed by atoms with van der Waals surface area (Å²) in [6.07, 6.45) is 3.42. The molecule has 0 amide bonds. The molecule has 0 bridgehead atoms. The Balaban J connectivity index is 1.29. The van der Waals surface area contributed by atoms with Gasteiger partial charge in [-0.2, -0.15) is 0 Å². The highest BCUT2D eigenvalue weighted by Crippen LogP contribution is 2.46. The van der Waals surface area contributed by atoms with Crippen LogP contribution in [0.5, 0.6) is 0 Å². The van der Waals surface area contributed by atoms with Gasteiger partial charge in [0, 0.05) is 43.9 Å². The van der Waals surface area contributed by atoms with E-state index in [-0.39, 0.29) is 5.78 Å². The lowest BCUT2D eigenvalue weighted by Crippen LogP contribution is -2.30. The van der Waals surface area contributed by atoms with Crippen molar-refractivity contribution < 1.29 is 4.79 Å². The Labute approximate surface area is 119 Å². The van der Waals surface area contributed by atoms with E-state index < -0.39 is 0 Å². The quantitative estimate of drug-likeness (QED) is 0.906. The SMILES string of the molecule is O=C1C=C(NC2C3CN(Cc4ccccc4)CC32)CC1. The van der Waals surface area contributed by atoms with Crippen LogP contribution in [0.4, 0.5) is 0 Å². The molecule has 1 aliphatic heterocycles. The average Bonchev–Trinajstić information content (AvgIpc) is 2.82. The number of likely N-dealkylation sites (tertiary alicyclic amines) is 1. The van der Waals surface area contributed by atoms with Crippen LogP contribution in [0.25, 0.3) is 0 Å². The monoisotopic (exact) mass is 268 g/mol. The molecule has 20 heavy (non-hydrogen) atoms. The van der Waals surface area contributed by atoms with E-state index in [1.165, 1.54) is 24.4 Å². The summed E-state index contributed by atoms with van der Waals surface area (Å²) in [5.41, 5.74) is 2.58. The van der Waals surface area contributed by atoms with Gasteiger partial charge in [-0.05, 0) is 23.8 Å². The zero-order valence-corrected chi connectivity index (χ0v) is 11.6. The molecule has 1 aromatic carbocycles. The first-order valence-corrected chi connectivity index (χ1v) is 7.56. The number of carbonyl (C=O) groups excluding carboxylic acids is 1. The highest BCUT2D eigenvalue weighted by atomic mass is 16.1. The second-order valence-corrected chi connectivity index (χ2v) is 6.31. The molecule has 104 valence electrons. The minimum Gasteiger partial charge on any atom is -0.385 e. The molecule has 3 aliphatic rings. The number of ketones is 1. The standard InChI is InChI=1S/C17H20N2O/c20-14-7-6-13(8-14)18-17-15-10-19(11-16(15)17)9-12-4-2-1-3-5-12/h1-5,8,15-18H,6-7,9-11H2. The van der Waals surface area contributed by atoms with Crippen LogP contribution in [0.15, 0.2) is 42.1 Å². The van der Waals surface area contributed by atoms with E-state index in [1.54, 1.807) is 6.08 Å². The molecule has 2 fully saturated rings. The number of carbonyl (C=O) groups is 1. The van der Waals surface area contributed by atoms with Crippen LogP contribution in [-0.2, 0) is 11.3 Å². The number of benzene rings is 1. The molecule has 2 atom stereocenters. The maximum Gasteiger partial charge on any atom is 0.157 e. The Morgan fingerprint density at radius 3 is 2.50 bits per heavy atom. The number of piperidine rings is 1. The second-order valence-electron chi connectivity index (χ2n) is 6.31. The molecule has 0 aromatic heterocycles. The summed E-state index contributed by atoms with van der Waals surface area (Å²) in [7, 11) is 0. The summed E-state index contributed by atoms with van der Waals surface area (Å²) in [5, 5.41) is 3.58. The maximum absolute atomic E-state index is 11.2. The van der Waals surface area contributed by atoms with E-state index >= 15 is 0 Å². The van der Waals surface area contributed by atoms with Gasteiger partial charge < -0.3 is 5.32 Å². The molecule has 1 aromatic rings. The van der Waals surface area contributed by atoms with E-state index in [2.05, 4.69) is 40.5 Å². The van der Waals surface area contributed by atoms with E-state index in [9.17, 15) is 4.79 Å². The van der Waals surface area contributed by atoms with Crippen molar-refractivity contribution in [3.05, 3.63) is 47.7 Å². The molecule has 0 spiro atoms. The molecule has 2 aliphatic carbocycles. The van der Waals surface area contributed by atoms with Crippen molar-refractivity contribution in [1.82, 2.24) is 10.2 Å². The highest BCUT2D eigenvalue weighted by molar-refractivity contribution is 5.92. The zero-order chi connectivity index (χ0) is 13.5. The fourth-order valence-electron chi connectivity index (χ4n) is 3.72. The summed E-state index contributed by atoms with van der Waals surface area (Å²) in [6.45, 7) is 3.46. The molecule has 0 radical (unpaired) electrons. The van der Waals surface area contributed by atoms with Crippen LogP contribution < -0.4 is 5.32 Å². The lowest BCUT2D eigenvalue weighted by molar-refractivity contribution is -0.114. The first-order valence-electron chi connectivity index (χ1n) is 7.56. The first-order chi connectivity index (χ1) is 9.79. The Morgan fingerprint density at radius 1 is 1.10 bits per heavy atom. The number of allylic oxidation sites excluding steroid dienone is 2.